The number of rotatable bonds is 6. The van der Waals surface area contributed by atoms with Gasteiger partial charge in [0.25, 0.3) is 5.91 Å². The van der Waals surface area contributed by atoms with Gasteiger partial charge in [0.2, 0.25) is 5.91 Å². The van der Waals surface area contributed by atoms with Crippen molar-refractivity contribution in [3.63, 3.8) is 0 Å². The first-order valence-electron chi connectivity index (χ1n) is 11.9. The molecule has 2 aliphatic rings. The quantitative estimate of drug-likeness (QED) is 0.353. The van der Waals surface area contributed by atoms with Gasteiger partial charge in [-0.25, -0.2) is 9.96 Å². The molecule has 2 saturated heterocycles. The van der Waals surface area contributed by atoms with Crippen LogP contribution < -0.4 is 14.7 Å². The highest BCUT2D eigenvalue weighted by atomic mass is 16.7. The lowest BCUT2D eigenvalue weighted by molar-refractivity contribution is -0.126. The molecule has 0 aliphatic carbocycles. The molecule has 4 aromatic carbocycles. The van der Waals surface area contributed by atoms with Crippen molar-refractivity contribution >= 4 is 23.2 Å². The minimum Gasteiger partial charge on any atom is -0.489 e. The summed E-state index contributed by atoms with van der Waals surface area (Å²) >= 11 is 0. The van der Waals surface area contributed by atoms with Crippen LogP contribution in [-0.4, -0.2) is 17.9 Å². The monoisotopic (exact) mass is 476 g/mol. The van der Waals surface area contributed by atoms with Gasteiger partial charge in [-0.2, -0.15) is 0 Å². The number of fused-ring (bicyclic) bond motifs is 1. The maximum absolute atomic E-state index is 13.7. The number of hydrogen-bond acceptors (Lipinski definition) is 5. The molecule has 0 spiro atoms. The lowest BCUT2D eigenvalue weighted by Gasteiger charge is -2.28. The van der Waals surface area contributed by atoms with Gasteiger partial charge in [-0.3, -0.25) is 14.4 Å². The molecule has 0 unspecified atom stereocenters. The topological polar surface area (TPSA) is 59.1 Å². The molecule has 3 atom stereocenters. The summed E-state index contributed by atoms with van der Waals surface area (Å²) in [6.07, 6.45) is -0.892. The molecule has 36 heavy (non-hydrogen) atoms. The zero-order chi connectivity index (χ0) is 24.5. The van der Waals surface area contributed by atoms with Gasteiger partial charge in [0.05, 0.1) is 17.4 Å². The molecule has 0 N–H and O–H groups in total. The van der Waals surface area contributed by atoms with Crippen LogP contribution in [0.3, 0.4) is 0 Å². The summed E-state index contributed by atoms with van der Waals surface area (Å²) in [5.74, 6) is -0.551. The molecular formula is C30H24N2O4. The summed E-state index contributed by atoms with van der Waals surface area (Å²) in [6.45, 7) is 0.465. The largest absolute Gasteiger partial charge is 0.489 e. The number of amides is 2. The van der Waals surface area contributed by atoms with Crippen LogP contribution in [0.4, 0.5) is 11.4 Å². The van der Waals surface area contributed by atoms with E-state index in [0.29, 0.717) is 12.3 Å². The van der Waals surface area contributed by atoms with Gasteiger partial charge in [0.1, 0.15) is 18.3 Å². The molecule has 6 nitrogen and oxygen atoms in total. The Morgan fingerprint density at radius 2 is 1.25 bits per heavy atom. The zero-order valence-electron chi connectivity index (χ0n) is 19.4. The fourth-order valence-corrected chi connectivity index (χ4v) is 4.89. The van der Waals surface area contributed by atoms with Gasteiger partial charge >= 0.3 is 0 Å². The van der Waals surface area contributed by atoms with Crippen LogP contribution >= 0.6 is 0 Å². The van der Waals surface area contributed by atoms with Crippen LogP contribution in [-0.2, 0) is 21.0 Å². The molecule has 6 rings (SSSR count). The van der Waals surface area contributed by atoms with Crippen molar-refractivity contribution < 1.29 is 19.2 Å². The van der Waals surface area contributed by atoms with Crippen LogP contribution in [0, 0.1) is 5.92 Å². The Balaban J connectivity index is 1.31. The molecule has 4 aromatic rings. The van der Waals surface area contributed by atoms with Gasteiger partial charge in [-0.15, -0.1) is 0 Å². The molecule has 0 radical (unpaired) electrons. The average Bonchev–Trinajstić information content (AvgIpc) is 3.45. The van der Waals surface area contributed by atoms with Gasteiger partial charge < -0.3 is 4.74 Å². The van der Waals surface area contributed by atoms with Crippen molar-refractivity contribution in [2.45, 2.75) is 18.8 Å². The Morgan fingerprint density at radius 1 is 0.667 bits per heavy atom. The van der Waals surface area contributed by atoms with E-state index in [9.17, 15) is 9.59 Å². The molecule has 0 aromatic heterocycles. The Kier molecular flexibility index (Phi) is 5.71. The number of imide groups is 1. The molecule has 178 valence electrons. The van der Waals surface area contributed by atoms with Crippen LogP contribution in [0.25, 0.3) is 0 Å². The van der Waals surface area contributed by atoms with E-state index in [1.165, 1.54) is 4.90 Å². The minimum absolute atomic E-state index is 0.260. The molecule has 2 heterocycles. The number of ether oxygens (including phenoxy) is 1. The lowest BCUT2D eigenvalue weighted by atomic mass is 9.90. The summed E-state index contributed by atoms with van der Waals surface area (Å²) in [5, 5.41) is 1.70. The fraction of sp³-hybridized carbons (Fsp3) is 0.133. The molecular weight excluding hydrogens is 452 g/mol. The number of carbonyl (C=O) groups excluding carboxylic acids is 2. The second-order valence-corrected chi connectivity index (χ2v) is 8.85. The van der Waals surface area contributed by atoms with E-state index in [-0.39, 0.29) is 11.8 Å². The summed E-state index contributed by atoms with van der Waals surface area (Å²) in [5.41, 5.74) is 3.29. The number of para-hydroxylation sites is 2. The third-order valence-corrected chi connectivity index (χ3v) is 6.61. The predicted molar refractivity (Wildman–Crippen MR) is 136 cm³/mol. The highest BCUT2D eigenvalue weighted by molar-refractivity contribution is 6.23. The predicted octanol–water partition coefficient (Wildman–Crippen LogP) is 5.32. The average molecular weight is 477 g/mol. The van der Waals surface area contributed by atoms with Crippen molar-refractivity contribution in [1.29, 1.82) is 0 Å². The Hall–Kier alpha value is -4.42. The summed E-state index contributed by atoms with van der Waals surface area (Å²) in [4.78, 5) is 34.5. The van der Waals surface area contributed by atoms with E-state index in [4.69, 9.17) is 9.57 Å². The summed E-state index contributed by atoms with van der Waals surface area (Å²) in [6, 6.07) is 35.7. The molecule has 2 fully saturated rings. The van der Waals surface area contributed by atoms with E-state index in [2.05, 4.69) is 0 Å². The highest BCUT2D eigenvalue weighted by Gasteiger charge is 2.60. The first-order valence-corrected chi connectivity index (χ1v) is 11.9. The van der Waals surface area contributed by atoms with Crippen molar-refractivity contribution in [1.82, 2.24) is 0 Å². The summed E-state index contributed by atoms with van der Waals surface area (Å²) < 4.78 is 5.95. The van der Waals surface area contributed by atoms with Crippen LogP contribution in [0.2, 0.25) is 0 Å². The fourth-order valence-electron chi connectivity index (χ4n) is 4.89. The third-order valence-electron chi connectivity index (χ3n) is 6.61. The van der Waals surface area contributed by atoms with Gasteiger partial charge in [-0.05, 0) is 47.5 Å². The minimum atomic E-state index is -0.892. The van der Waals surface area contributed by atoms with Gasteiger partial charge in [-0.1, -0.05) is 78.9 Å². The van der Waals surface area contributed by atoms with E-state index >= 15 is 0 Å². The van der Waals surface area contributed by atoms with E-state index in [0.717, 1.165) is 22.6 Å². The van der Waals surface area contributed by atoms with E-state index in [1.54, 1.807) is 17.2 Å². The lowest BCUT2D eigenvalue weighted by Crippen LogP contribution is -2.37. The summed E-state index contributed by atoms with van der Waals surface area (Å²) in [7, 11) is 0. The zero-order valence-corrected chi connectivity index (χ0v) is 19.4. The Labute approximate surface area is 209 Å². The van der Waals surface area contributed by atoms with Gasteiger partial charge in [0, 0.05) is 0 Å². The standard InChI is InChI=1S/C30H24N2O4/c33-29-26-27(22-16-18-25(19-17-22)35-20-21-10-4-1-5-11-21)32(24-14-8-3-9-15-24)36-28(26)30(34)31(29)23-12-6-2-7-13-23/h1-19,26-28H,20H2/t26-,27-,28-/m0/s1. The van der Waals surface area contributed by atoms with Crippen LogP contribution in [0.5, 0.6) is 5.75 Å². The van der Waals surface area contributed by atoms with E-state index < -0.39 is 18.1 Å². The molecule has 2 amide bonds. The number of hydrogen-bond donors (Lipinski definition) is 0. The smallest absolute Gasteiger partial charge is 0.266 e. The molecule has 6 heteroatoms. The van der Waals surface area contributed by atoms with Crippen molar-refractivity contribution in [2.24, 2.45) is 5.92 Å². The molecule has 2 aliphatic heterocycles. The Bertz CT molecular complexity index is 1360. The van der Waals surface area contributed by atoms with Crippen molar-refractivity contribution in [2.75, 3.05) is 9.96 Å². The number of anilines is 2. The van der Waals surface area contributed by atoms with Crippen LogP contribution in [0.1, 0.15) is 17.2 Å². The van der Waals surface area contributed by atoms with Gasteiger partial charge in [0.15, 0.2) is 6.10 Å². The second kappa shape index (κ2) is 9.32. The second-order valence-electron chi connectivity index (χ2n) is 8.85. The normalized spacial score (nSPS) is 21.1. The number of hydroxylamine groups is 1. The maximum atomic E-state index is 13.7. The van der Waals surface area contributed by atoms with Crippen LogP contribution in [0.15, 0.2) is 115 Å². The molecule has 0 saturated carbocycles. The Morgan fingerprint density at radius 3 is 1.89 bits per heavy atom. The highest BCUT2D eigenvalue weighted by Crippen LogP contribution is 2.47. The number of nitrogens with zero attached hydrogens (tertiary/aromatic N) is 2. The van der Waals surface area contributed by atoms with Crippen molar-refractivity contribution in [3.05, 3.63) is 126 Å². The van der Waals surface area contributed by atoms with E-state index in [1.807, 2.05) is 103 Å². The molecule has 0 bridgehead atoms. The van der Waals surface area contributed by atoms with Crippen molar-refractivity contribution in [3.8, 4) is 5.75 Å². The SMILES string of the molecule is O=C1[C@@H]2[C@H](ON(c3ccccc3)[C@H]2c2ccc(OCc3ccccc3)cc2)C(=O)N1c1ccccc1. The number of benzene rings is 4. The maximum Gasteiger partial charge on any atom is 0.266 e. The first kappa shape index (κ1) is 22.1. The third kappa shape index (κ3) is 3.91. The number of carbonyl (C=O) groups is 2. The first-order chi connectivity index (χ1) is 17.7.